The fourth-order valence-electron chi connectivity index (χ4n) is 16.6. The Kier molecular flexibility index (Phi) is 15.8. The Morgan fingerprint density at radius 2 is 0.505 bits per heavy atom. The zero-order valence-electron chi connectivity index (χ0n) is 62.3. The molecule has 0 saturated heterocycles. The van der Waals surface area contributed by atoms with Gasteiger partial charge in [0.1, 0.15) is 22.1 Å². The molecule has 0 fully saturated rings. The number of benzene rings is 15. The lowest BCUT2D eigenvalue weighted by Crippen LogP contribution is -2.22. The van der Waals surface area contributed by atoms with Gasteiger partial charge in [-0.25, -0.2) is 19.9 Å². The van der Waals surface area contributed by atoms with Gasteiger partial charge in [0.15, 0.2) is 22.3 Å². The largest absolute Gasteiger partial charge is 0.436 e. The highest BCUT2D eigenvalue weighted by Crippen LogP contribution is 2.55. The second-order valence-corrected chi connectivity index (χ2v) is 31.0. The maximum absolute atomic E-state index is 6.10. The third kappa shape index (κ3) is 11.9. The van der Waals surface area contributed by atoms with E-state index in [9.17, 15) is 0 Å². The number of rotatable bonds is 11. The van der Waals surface area contributed by atoms with Gasteiger partial charge >= 0.3 is 0 Å². The van der Waals surface area contributed by atoms with Gasteiger partial charge in [-0.1, -0.05) is 229 Å². The van der Waals surface area contributed by atoms with Crippen LogP contribution in [0.2, 0.25) is 0 Å². The molecule has 21 rings (SSSR count). The summed E-state index contributed by atoms with van der Waals surface area (Å²) >= 11 is 0. The first kappa shape index (κ1) is 66.6. The van der Waals surface area contributed by atoms with E-state index in [1.54, 1.807) is 0 Å². The van der Waals surface area contributed by atoms with Crippen LogP contribution in [0.15, 0.2) is 357 Å². The molecule has 4 aromatic heterocycles. The molecule has 8 nitrogen and oxygen atoms in total. The zero-order valence-corrected chi connectivity index (χ0v) is 62.3. The molecule has 0 radical (unpaired) electrons. The molecule has 0 saturated carbocycles. The fraction of sp³-hybridized carbons (Fsp3) is 0.0874. The van der Waals surface area contributed by atoms with Crippen molar-refractivity contribution < 1.29 is 17.7 Å². The van der Waals surface area contributed by atoms with Crippen LogP contribution in [-0.4, -0.2) is 19.9 Å². The van der Waals surface area contributed by atoms with Crippen LogP contribution in [0.25, 0.3) is 179 Å². The van der Waals surface area contributed by atoms with Gasteiger partial charge in [0.2, 0.25) is 23.6 Å². The lowest BCUT2D eigenvalue weighted by atomic mass is 9.74. The molecule has 530 valence electrons. The lowest BCUT2D eigenvalue weighted by molar-refractivity contribution is 0.584. The summed E-state index contributed by atoms with van der Waals surface area (Å²) in [5.41, 5.74) is 37.0. The van der Waals surface area contributed by atoms with E-state index < -0.39 is 0 Å². The van der Waals surface area contributed by atoms with Crippen molar-refractivity contribution in [3.63, 3.8) is 0 Å². The van der Waals surface area contributed by atoms with Crippen LogP contribution in [0, 0.1) is 0 Å². The van der Waals surface area contributed by atoms with Crippen LogP contribution in [0.1, 0.15) is 74.9 Å². The van der Waals surface area contributed by atoms with Crippen molar-refractivity contribution >= 4 is 44.4 Å². The smallest absolute Gasteiger partial charge is 0.227 e. The third-order valence-corrected chi connectivity index (χ3v) is 22.8. The summed E-state index contributed by atoms with van der Waals surface area (Å²) in [5.74, 6) is 2.48. The molecule has 15 aromatic carbocycles. The van der Waals surface area contributed by atoms with Crippen molar-refractivity contribution in [2.45, 2.75) is 57.8 Å². The van der Waals surface area contributed by atoms with Gasteiger partial charge in [-0.15, -0.1) is 0 Å². The second-order valence-electron chi connectivity index (χ2n) is 31.0. The normalized spacial score (nSPS) is 14.0. The number of fused-ring (bicyclic) bond motifs is 10. The molecule has 2 aliphatic carbocycles. The Morgan fingerprint density at radius 3 is 0.874 bits per heavy atom. The molecule has 8 heteroatoms. The van der Waals surface area contributed by atoms with Crippen LogP contribution >= 0.6 is 0 Å². The molecule has 1 unspecified atom stereocenters. The summed E-state index contributed by atoms with van der Waals surface area (Å²) in [6.45, 7) is 14.0. The van der Waals surface area contributed by atoms with Crippen molar-refractivity contribution in [2.24, 2.45) is 0 Å². The summed E-state index contributed by atoms with van der Waals surface area (Å²) in [4.78, 5) is 18.9. The highest BCUT2D eigenvalue weighted by atomic mass is 16.4. The Morgan fingerprint density at radius 1 is 0.225 bits per heavy atom. The summed E-state index contributed by atoms with van der Waals surface area (Å²) in [5, 5.41) is 0. The van der Waals surface area contributed by atoms with Crippen molar-refractivity contribution in [1.82, 2.24) is 19.9 Å². The minimum absolute atomic E-state index is 0.0867. The van der Waals surface area contributed by atoms with Crippen molar-refractivity contribution in [3.8, 4) is 135 Å². The van der Waals surface area contributed by atoms with Crippen LogP contribution in [0.5, 0.6) is 0 Å². The second kappa shape index (κ2) is 26.3. The number of oxazole rings is 4. The monoisotopic (exact) mass is 1430 g/mol. The average Bonchev–Trinajstić information content (AvgIpc) is 1.57. The molecule has 0 aliphatic heterocycles. The van der Waals surface area contributed by atoms with E-state index in [4.69, 9.17) is 37.6 Å². The molecule has 0 amide bonds. The summed E-state index contributed by atoms with van der Waals surface area (Å²) in [6, 6.07) is 120. The SMILES string of the molecule is CC(C)(C)c1ccc2c(c1)C(C)(C)c1cc(-c3cc(-c4ccc(-c5nc6ccccc6o5)cc4)cc(-c4ccc(-c5nc6ccccc6o5)cc4)c3)ccc1-2.CC1(c2ccccc2)c2ccccc2-c2ccc(-c3cc(-c4ccc(-c5nc6ccccc6o5)cc4)cc(-c4ccc(-c5nc6ccccc6o5)cc4)c3)cc21. The number of aromatic nitrogens is 4. The van der Waals surface area contributed by atoms with Crippen LogP contribution in [0.4, 0.5) is 0 Å². The summed E-state index contributed by atoms with van der Waals surface area (Å²) < 4.78 is 24.4. The molecular formula is C103H74N4O4. The number of para-hydroxylation sites is 8. The van der Waals surface area contributed by atoms with E-state index in [0.717, 1.165) is 117 Å². The van der Waals surface area contributed by atoms with E-state index >= 15 is 0 Å². The molecule has 4 heterocycles. The van der Waals surface area contributed by atoms with Gasteiger partial charge in [-0.2, -0.15) is 0 Å². The molecule has 111 heavy (non-hydrogen) atoms. The van der Waals surface area contributed by atoms with Crippen LogP contribution in [0.3, 0.4) is 0 Å². The predicted molar refractivity (Wildman–Crippen MR) is 451 cm³/mol. The van der Waals surface area contributed by atoms with Gasteiger partial charge in [-0.3, -0.25) is 0 Å². The summed E-state index contributed by atoms with van der Waals surface area (Å²) in [6.07, 6.45) is 0. The standard InChI is InChI=1S/C52H34N2O2.C51H40N2O2/c1-52(41-11-3-2-4-12-41)44-14-6-5-13-42(44)43-28-27-37(32-45(43)52)40-30-38(33-19-23-35(24-20-33)50-53-46-15-7-9-17-48(46)55-50)29-39(31-40)34-21-25-36(26-22-34)51-54-47-16-8-10-18-49(47)56-51;1-50(2,3)39-23-25-41-40-24-22-35(29-42(40)51(4,5)43(41)30-39)38-27-36(31-14-18-33(19-15-31)48-52-44-10-6-8-12-46(44)54-48)26-37(28-38)32-16-20-34(21-17-32)49-53-45-11-7-9-13-47(45)55-49/h2-32H,1H3;6-30H,1-5H3. The number of hydrogen-bond donors (Lipinski definition) is 0. The van der Waals surface area contributed by atoms with E-state index in [1.165, 1.54) is 72.3 Å². The molecule has 2 aliphatic rings. The molecule has 0 bridgehead atoms. The van der Waals surface area contributed by atoms with E-state index in [2.05, 4.69) is 284 Å². The number of nitrogens with zero attached hydrogens (tertiary/aromatic N) is 4. The predicted octanol–water partition coefficient (Wildman–Crippen LogP) is 27.5. The molecular weight excluding hydrogens is 1360 g/mol. The van der Waals surface area contributed by atoms with E-state index in [-0.39, 0.29) is 16.2 Å². The first-order valence-electron chi connectivity index (χ1n) is 37.9. The van der Waals surface area contributed by atoms with E-state index in [1.807, 2.05) is 97.1 Å². The Balaban J connectivity index is 0.000000145. The molecule has 1 atom stereocenters. The quantitative estimate of drug-likeness (QED) is 0.126. The van der Waals surface area contributed by atoms with Crippen LogP contribution < -0.4 is 0 Å². The minimum atomic E-state index is -0.287. The van der Waals surface area contributed by atoms with Gasteiger partial charge < -0.3 is 17.7 Å². The van der Waals surface area contributed by atoms with Crippen molar-refractivity contribution in [1.29, 1.82) is 0 Å². The fourth-order valence-corrected chi connectivity index (χ4v) is 16.6. The maximum atomic E-state index is 6.10. The van der Waals surface area contributed by atoms with E-state index in [0.29, 0.717) is 23.6 Å². The Hall–Kier alpha value is -13.8. The van der Waals surface area contributed by atoms with Gasteiger partial charge in [-0.05, 0) is 280 Å². The van der Waals surface area contributed by atoms with Gasteiger partial charge in [0, 0.05) is 33.1 Å². The Labute approximate surface area is 643 Å². The Bertz CT molecular complexity index is 6430. The van der Waals surface area contributed by atoms with Gasteiger partial charge in [0.25, 0.3) is 0 Å². The first-order chi connectivity index (χ1) is 54.2. The highest BCUT2D eigenvalue weighted by Gasteiger charge is 2.41. The zero-order chi connectivity index (χ0) is 74.7. The molecule has 19 aromatic rings. The number of hydrogen-bond acceptors (Lipinski definition) is 8. The average molecular weight is 1430 g/mol. The topological polar surface area (TPSA) is 104 Å². The first-order valence-corrected chi connectivity index (χ1v) is 37.9. The lowest BCUT2D eigenvalue weighted by Gasteiger charge is -2.28. The van der Waals surface area contributed by atoms with Crippen LogP contribution in [-0.2, 0) is 16.2 Å². The third-order valence-electron chi connectivity index (χ3n) is 22.8. The molecule has 0 N–H and O–H groups in total. The molecule has 0 spiro atoms. The summed E-state index contributed by atoms with van der Waals surface area (Å²) in [7, 11) is 0. The maximum Gasteiger partial charge on any atom is 0.227 e. The van der Waals surface area contributed by atoms with Gasteiger partial charge in [0.05, 0.1) is 0 Å². The minimum Gasteiger partial charge on any atom is -0.436 e. The van der Waals surface area contributed by atoms with Crippen molar-refractivity contribution in [3.05, 3.63) is 373 Å². The van der Waals surface area contributed by atoms with Crippen molar-refractivity contribution in [2.75, 3.05) is 0 Å². The highest BCUT2D eigenvalue weighted by molar-refractivity contribution is 5.91.